The molecule has 70 heavy (non-hydrogen) atoms. The summed E-state index contributed by atoms with van der Waals surface area (Å²) in [4.78, 5) is 6.64. The molecule has 2 aliphatic carbocycles. The number of hydrogen-bond acceptors (Lipinski definition) is 3. The molecule has 4 heteroatoms. The number of benzene rings is 9. The molecular weight excluding hydrogens is 864 g/mol. The van der Waals surface area contributed by atoms with E-state index < -0.39 is 5.41 Å². The second-order valence-electron chi connectivity index (χ2n) is 21.1. The highest BCUT2D eigenvalue weighted by molar-refractivity contribution is 7.30. The van der Waals surface area contributed by atoms with E-state index in [-0.39, 0.29) is 12.1 Å². The highest BCUT2D eigenvalue weighted by Gasteiger charge is 2.57. The molecule has 1 aromatic heterocycles. The molecule has 4 aliphatic rings. The molecule has 2 aliphatic heterocycles. The summed E-state index contributed by atoms with van der Waals surface area (Å²) in [5.74, 6) is 0. The van der Waals surface area contributed by atoms with Crippen LogP contribution in [-0.4, -0.2) is 6.71 Å². The zero-order chi connectivity index (χ0) is 47.2. The van der Waals surface area contributed by atoms with Crippen molar-refractivity contribution in [2.75, 3.05) is 9.80 Å². The van der Waals surface area contributed by atoms with E-state index in [1.165, 1.54) is 132 Å². The third kappa shape index (κ3) is 5.69. The summed E-state index contributed by atoms with van der Waals surface area (Å²) in [6.07, 6.45) is 0. The molecule has 9 aromatic carbocycles. The number of rotatable bonds is 4. The van der Waals surface area contributed by atoms with Crippen LogP contribution in [0, 0.1) is 20.8 Å². The third-order valence-electron chi connectivity index (χ3n) is 15.8. The maximum Gasteiger partial charge on any atom is 0.264 e. The predicted molar refractivity (Wildman–Crippen MR) is 298 cm³/mol. The molecule has 0 bridgehead atoms. The Morgan fingerprint density at radius 1 is 0.443 bits per heavy atom. The largest absolute Gasteiger partial charge is 0.311 e. The van der Waals surface area contributed by atoms with Crippen LogP contribution >= 0.6 is 11.3 Å². The first kappa shape index (κ1) is 41.3. The lowest BCUT2D eigenvalue weighted by atomic mass is 9.36. The van der Waals surface area contributed by atoms with Gasteiger partial charge in [-0.2, -0.15) is 0 Å². The molecule has 0 unspecified atom stereocenters. The molecule has 0 saturated heterocycles. The van der Waals surface area contributed by atoms with Crippen molar-refractivity contribution in [3.8, 4) is 44.5 Å². The normalized spacial score (nSPS) is 14.2. The van der Waals surface area contributed by atoms with Crippen molar-refractivity contribution in [2.24, 2.45) is 0 Å². The van der Waals surface area contributed by atoms with Gasteiger partial charge in [0.25, 0.3) is 6.71 Å². The highest BCUT2D eigenvalue weighted by Crippen LogP contribution is 2.67. The molecule has 0 radical (unpaired) electrons. The molecule has 334 valence electrons. The Labute approximate surface area is 416 Å². The van der Waals surface area contributed by atoms with Crippen molar-refractivity contribution in [1.29, 1.82) is 0 Å². The van der Waals surface area contributed by atoms with E-state index in [1.807, 2.05) is 0 Å². The summed E-state index contributed by atoms with van der Waals surface area (Å²) >= 11 is 2.06. The molecule has 0 atom stereocenters. The molecule has 10 aromatic rings. The fourth-order valence-electron chi connectivity index (χ4n) is 12.6. The van der Waals surface area contributed by atoms with Gasteiger partial charge >= 0.3 is 0 Å². The van der Waals surface area contributed by atoms with Crippen LogP contribution in [-0.2, 0) is 10.8 Å². The zero-order valence-corrected chi connectivity index (χ0v) is 41.2. The number of para-hydroxylation sites is 1. The summed E-state index contributed by atoms with van der Waals surface area (Å²) in [5, 5.41) is 0. The zero-order valence-electron chi connectivity index (χ0n) is 40.4. The van der Waals surface area contributed by atoms with Gasteiger partial charge in [0.15, 0.2) is 0 Å². The van der Waals surface area contributed by atoms with E-state index in [1.54, 1.807) is 0 Å². The molecule has 2 nitrogen and oxygen atoms in total. The fourth-order valence-corrected chi connectivity index (χ4v) is 14.3. The number of hydrogen-bond donors (Lipinski definition) is 0. The van der Waals surface area contributed by atoms with E-state index in [9.17, 15) is 0 Å². The summed E-state index contributed by atoms with van der Waals surface area (Å²) < 4.78 is 1.40. The maximum atomic E-state index is 2.65. The number of nitrogens with zero attached hydrogens (tertiary/aromatic N) is 2. The Balaban J connectivity index is 1.10. The first-order valence-corrected chi connectivity index (χ1v) is 25.6. The van der Waals surface area contributed by atoms with Crippen LogP contribution in [0.5, 0.6) is 0 Å². The van der Waals surface area contributed by atoms with Gasteiger partial charge in [-0.3, -0.25) is 0 Å². The SMILES string of the molecule is Cc1ccc(N2c3cc(C)cc4c3B(c3ccc(-c5cc(C(C)(C)C)ccc5-c5ccccc5)cc3N4c3ccccc3)c3sc4c(c32)-c2ccc(C)cc2C42c3ccccc3-c3ccccc32)cc1. The van der Waals surface area contributed by atoms with Gasteiger partial charge in [0, 0.05) is 43.7 Å². The van der Waals surface area contributed by atoms with Crippen molar-refractivity contribution in [3.63, 3.8) is 0 Å². The quantitative estimate of drug-likeness (QED) is 0.162. The van der Waals surface area contributed by atoms with Crippen molar-refractivity contribution in [3.05, 3.63) is 244 Å². The molecule has 1 spiro atoms. The van der Waals surface area contributed by atoms with Crippen molar-refractivity contribution in [1.82, 2.24) is 0 Å². The summed E-state index contributed by atoms with van der Waals surface area (Å²) in [7, 11) is 0. The van der Waals surface area contributed by atoms with Crippen LogP contribution in [0.1, 0.15) is 64.6 Å². The summed E-state index contributed by atoms with van der Waals surface area (Å²) in [5.41, 5.74) is 29.1. The Hall–Kier alpha value is -7.66. The molecule has 3 heterocycles. The number of fused-ring (bicyclic) bond motifs is 15. The third-order valence-corrected chi connectivity index (χ3v) is 17.1. The van der Waals surface area contributed by atoms with E-state index in [2.05, 4.69) is 263 Å². The number of thiophene rings is 1. The van der Waals surface area contributed by atoms with Crippen molar-refractivity contribution in [2.45, 2.75) is 52.4 Å². The maximum absolute atomic E-state index is 2.65. The second-order valence-corrected chi connectivity index (χ2v) is 22.1. The lowest BCUT2D eigenvalue weighted by molar-refractivity contribution is 0.590. The molecule has 14 rings (SSSR count). The molecule has 0 saturated carbocycles. The average Bonchev–Trinajstić information content (AvgIpc) is 4.00. The summed E-state index contributed by atoms with van der Waals surface area (Å²) in [6, 6.07) is 76.4. The standard InChI is InChI=1S/C66H51BN2S/c1-40-25-30-47(31-26-40)69-59-37-42(3)36-58-61(59)67(64-62(69)60-51-32-27-41(2)35-55(51)66(63(60)70-64)53-23-15-13-21-49(53)50-22-14-16-24-54(50)66)56-34-28-44(38-57(56)68(58)46-19-11-8-12-20-46)52-39-45(65(4,5)6)29-33-48(52)43-17-9-7-10-18-43/h7-39H,1-6H3. The molecule has 0 N–H and O–H groups in total. The summed E-state index contributed by atoms with van der Waals surface area (Å²) in [6.45, 7) is 13.7. The Kier molecular flexibility index (Phi) is 8.81. The minimum Gasteiger partial charge on any atom is -0.311 e. The fraction of sp³-hybridized carbons (Fsp3) is 0.121. The van der Waals surface area contributed by atoms with Crippen molar-refractivity contribution < 1.29 is 0 Å². The molecule has 0 amide bonds. The van der Waals surface area contributed by atoms with Crippen LogP contribution in [0.2, 0.25) is 0 Å². The Morgan fingerprint density at radius 2 is 1.06 bits per heavy atom. The number of aryl methyl sites for hydroxylation is 3. The predicted octanol–water partition coefficient (Wildman–Crippen LogP) is 15.7. The van der Waals surface area contributed by atoms with E-state index in [4.69, 9.17) is 0 Å². The van der Waals surface area contributed by atoms with Gasteiger partial charge in [0.1, 0.15) is 0 Å². The van der Waals surface area contributed by atoms with Gasteiger partial charge in [-0.1, -0.05) is 190 Å². The Morgan fingerprint density at radius 3 is 1.76 bits per heavy atom. The molecule has 0 fully saturated rings. The van der Waals surface area contributed by atoms with Crippen LogP contribution in [0.15, 0.2) is 200 Å². The smallest absolute Gasteiger partial charge is 0.264 e. The second kappa shape index (κ2) is 14.9. The minimum absolute atomic E-state index is 0.0163. The van der Waals surface area contributed by atoms with E-state index in [0.29, 0.717) is 0 Å². The van der Waals surface area contributed by atoms with E-state index >= 15 is 0 Å². The van der Waals surface area contributed by atoms with Gasteiger partial charge in [-0.15, -0.1) is 11.3 Å². The molecular formula is C66H51BN2S. The Bertz CT molecular complexity index is 3760. The highest BCUT2D eigenvalue weighted by atomic mass is 32.1. The van der Waals surface area contributed by atoms with Gasteiger partial charge in [0.05, 0.1) is 11.1 Å². The van der Waals surface area contributed by atoms with Crippen LogP contribution in [0.3, 0.4) is 0 Å². The van der Waals surface area contributed by atoms with Crippen LogP contribution in [0.25, 0.3) is 44.5 Å². The van der Waals surface area contributed by atoms with Crippen LogP contribution in [0.4, 0.5) is 34.1 Å². The first-order valence-electron chi connectivity index (χ1n) is 24.8. The first-order chi connectivity index (χ1) is 34.1. The lowest BCUT2D eigenvalue weighted by Crippen LogP contribution is -2.60. The average molecular weight is 915 g/mol. The van der Waals surface area contributed by atoms with Gasteiger partial charge < -0.3 is 9.80 Å². The lowest BCUT2D eigenvalue weighted by Gasteiger charge is -2.43. The van der Waals surface area contributed by atoms with E-state index in [0.717, 1.165) is 5.69 Å². The van der Waals surface area contributed by atoms with Gasteiger partial charge in [-0.25, -0.2) is 0 Å². The van der Waals surface area contributed by atoms with Crippen LogP contribution < -0.4 is 25.5 Å². The topological polar surface area (TPSA) is 6.48 Å². The monoisotopic (exact) mass is 914 g/mol. The van der Waals surface area contributed by atoms with Gasteiger partial charge in [-0.05, 0) is 146 Å². The number of anilines is 6. The van der Waals surface area contributed by atoms with Gasteiger partial charge in [0.2, 0.25) is 0 Å². The van der Waals surface area contributed by atoms with Crippen molar-refractivity contribution >= 4 is 67.9 Å². The minimum atomic E-state index is -0.459.